The van der Waals surface area contributed by atoms with Gasteiger partial charge in [-0.2, -0.15) is 0 Å². The second kappa shape index (κ2) is 6.42. The molecule has 2 rings (SSSR count). The Balaban J connectivity index is 2.14. The van der Waals surface area contributed by atoms with E-state index in [-0.39, 0.29) is 11.9 Å². The fourth-order valence-corrected chi connectivity index (χ4v) is 2.31. The first-order chi connectivity index (χ1) is 9.56. The summed E-state index contributed by atoms with van der Waals surface area (Å²) in [5.74, 6) is 0.506. The zero-order valence-electron chi connectivity index (χ0n) is 12.3. The highest BCUT2D eigenvalue weighted by molar-refractivity contribution is 5.93. The van der Waals surface area contributed by atoms with Gasteiger partial charge in [-0.3, -0.25) is 4.79 Å². The van der Waals surface area contributed by atoms with Crippen molar-refractivity contribution in [2.45, 2.75) is 33.2 Å². The molecule has 1 aromatic carbocycles. The average molecular weight is 270 g/mol. The SMILES string of the molecule is Cc1cccc(NC(=O)[C@H](CC(C)C)n2cccc2)c1. The molecule has 0 fully saturated rings. The molecule has 0 aliphatic rings. The maximum absolute atomic E-state index is 12.5. The van der Waals surface area contributed by atoms with Crippen LogP contribution in [0.3, 0.4) is 0 Å². The largest absolute Gasteiger partial charge is 0.342 e. The predicted molar refractivity (Wildman–Crippen MR) is 82.7 cm³/mol. The molecule has 0 saturated carbocycles. The highest BCUT2D eigenvalue weighted by Crippen LogP contribution is 2.20. The van der Waals surface area contributed by atoms with E-state index in [1.54, 1.807) is 0 Å². The first-order valence-electron chi connectivity index (χ1n) is 7.06. The lowest BCUT2D eigenvalue weighted by molar-refractivity contribution is -0.119. The molecule has 1 heterocycles. The molecule has 0 aliphatic carbocycles. The van der Waals surface area contributed by atoms with Gasteiger partial charge in [0.25, 0.3) is 0 Å². The Morgan fingerprint density at radius 1 is 1.20 bits per heavy atom. The van der Waals surface area contributed by atoms with Crippen LogP contribution in [0.25, 0.3) is 0 Å². The maximum atomic E-state index is 12.5. The lowest BCUT2D eigenvalue weighted by Crippen LogP contribution is -2.26. The summed E-state index contributed by atoms with van der Waals surface area (Å²) in [5, 5.41) is 3.02. The van der Waals surface area contributed by atoms with Gasteiger partial charge in [0.2, 0.25) is 5.91 Å². The quantitative estimate of drug-likeness (QED) is 0.874. The Kier molecular flexibility index (Phi) is 4.61. The maximum Gasteiger partial charge on any atom is 0.247 e. The van der Waals surface area contributed by atoms with Crippen LogP contribution in [0, 0.1) is 12.8 Å². The molecule has 1 aromatic heterocycles. The minimum absolute atomic E-state index is 0.0421. The van der Waals surface area contributed by atoms with Crippen molar-refractivity contribution in [2.24, 2.45) is 5.92 Å². The van der Waals surface area contributed by atoms with Gasteiger partial charge in [0.15, 0.2) is 0 Å². The van der Waals surface area contributed by atoms with Crippen LogP contribution in [-0.4, -0.2) is 10.5 Å². The number of carbonyl (C=O) groups is 1. The van der Waals surface area contributed by atoms with Crippen LogP contribution in [0.15, 0.2) is 48.8 Å². The minimum atomic E-state index is -0.162. The third-order valence-electron chi connectivity index (χ3n) is 3.27. The highest BCUT2D eigenvalue weighted by atomic mass is 16.2. The summed E-state index contributed by atoms with van der Waals surface area (Å²) in [6.45, 7) is 6.29. The summed E-state index contributed by atoms with van der Waals surface area (Å²) < 4.78 is 1.98. The van der Waals surface area contributed by atoms with E-state index in [0.29, 0.717) is 5.92 Å². The van der Waals surface area contributed by atoms with Crippen molar-refractivity contribution in [2.75, 3.05) is 5.32 Å². The molecule has 0 unspecified atom stereocenters. The summed E-state index contributed by atoms with van der Waals surface area (Å²) >= 11 is 0. The number of aryl methyl sites for hydroxylation is 1. The molecular weight excluding hydrogens is 248 g/mol. The fraction of sp³-hybridized carbons (Fsp3) is 0.353. The smallest absolute Gasteiger partial charge is 0.247 e. The second-order valence-electron chi connectivity index (χ2n) is 5.63. The number of hydrogen-bond donors (Lipinski definition) is 1. The topological polar surface area (TPSA) is 34.0 Å². The number of benzene rings is 1. The Morgan fingerprint density at radius 3 is 2.50 bits per heavy atom. The molecule has 0 aliphatic heterocycles. The number of nitrogens with one attached hydrogen (secondary N) is 1. The summed E-state index contributed by atoms with van der Waals surface area (Å²) in [6.07, 6.45) is 4.72. The van der Waals surface area contributed by atoms with Crippen molar-refractivity contribution in [3.63, 3.8) is 0 Å². The zero-order chi connectivity index (χ0) is 14.5. The van der Waals surface area contributed by atoms with E-state index in [1.165, 1.54) is 0 Å². The highest BCUT2D eigenvalue weighted by Gasteiger charge is 2.20. The number of carbonyl (C=O) groups excluding carboxylic acids is 1. The zero-order valence-corrected chi connectivity index (χ0v) is 12.3. The van der Waals surface area contributed by atoms with Gasteiger partial charge in [0, 0.05) is 18.1 Å². The van der Waals surface area contributed by atoms with Gasteiger partial charge in [0.05, 0.1) is 0 Å². The number of aromatic nitrogens is 1. The second-order valence-corrected chi connectivity index (χ2v) is 5.63. The number of rotatable bonds is 5. The first-order valence-corrected chi connectivity index (χ1v) is 7.06. The lowest BCUT2D eigenvalue weighted by atomic mass is 10.0. The summed E-state index contributed by atoms with van der Waals surface area (Å²) in [4.78, 5) is 12.5. The van der Waals surface area contributed by atoms with Crippen molar-refractivity contribution >= 4 is 11.6 Å². The van der Waals surface area contributed by atoms with Crippen LogP contribution >= 0.6 is 0 Å². The molecule has 0 saturated heterocycles. The predicted octanol–water partition coefficient (Wildman–Crippen LogP) is 4.02. The van der Waals surface area contributed by atoms with E-state index in [9.17, 15) is 4.79 Å². The van der Waals surface area contributed by atoms with E-state index in [2.05, 4.69) is 19.2 Å². The molecule has 1 N–H and O–H groups in total. The van der Waals surface area contributed by atoms with E-state index in [0.717, 1.165) is 17.7 Å². The third-order valence-corrected chi connectivity index (χ3v) is 3.27. The Bertz CT molecular complexity index is 558. The number of amides is 1. The van der Waals surface area contributed by atoms with Crippen LogP contribution in [0.5, 0.6) is 0 Å². The van der Waals surface area contributed by atoms with Gasteiger partial charge in [-0.1, -0.05) is 26.0 Å². The minimum Gasteiger partial charge on any atom is -0.342 e. The van der Waals surface area contributed by atoms with E-state index >= 15 is 0 Å². The molecule has 0 bridgehead atoms. The molecule has 0 radical (unpaired) electrons. The number of anilines is 1. The Hall–Kier alpha value is -2.03. The summed E-state index contributed by atoms with van der Waals surface area (Å²) in [5.41, 5.74) is 2.00. The number of nitrogens with zero attached hydrogens (tertiary/aromatic N) is 1. The fourth-order valence-electron chi connectivity index (χ4n) is 2.31. The first kappa shape index (κ1) is 14.4. The van der Waals surface area contributed by atoms with Crippen molar-refractivity contribution in [1.82, 2.24) is 4.57 Å². The molecule has 20 heavy (non-hydrogen) atoms. The summed E-state index contributed by atoms with van der Waals surface area (Å²) in [6, 6.07) is 11.6. The van der Waals surface area contributed by atoms with Gasteiger partial charge < -0.3 is 9.88 Å². The molecule has 0 spiro atoms. The van der Waals surface area contributed by atoms with Crippen LogP contribution in [0.1, 0.15) is 31.9 Å². The molecule has 1 atom stereocenters. The van der Waals surface area contributed by atoms with Gasteiger partial charge >= 0.3 is 0 Å². The molecule has 3 nitrogen and oxygen atoms in total. The standard InChI is InChI=1S/C17H22N2O/c1-13(2)11-16(19-9-4-5-10-19)17(20)18-15-8-6-7-14(3)12-15/h4-10,12-13,16H,11H2,1-3H3,(H,18,20)/t16-/m0/s1. The van der Waals surface area contributed by atoms with E-state index < -0.39 is 0 Å². The molecule has 106 valence electrons. The van der Waals surface area contributed by atoms with Gasteiger partial charge in [-0.25, -0.2) is 0 Å². The number of hydrogen-bond acceptors (Lipinski definition) is 1. The lowest BCUT2D eigenvalue weighted by Gasteiger charge is -2.20. The Labute approximate surface area is 120 Å². The third kappa shape index (κ3) is 3.73. The van der Waals surface area contributed by atoms with Crippen LogP contribution in [0.2, 0.25) is 0 Å². The van der Waals surface area contributed by atoms with E-state index in [4.69, 9.17) is 0 Å². The molecule has 3 heteroatoms. The molecule has 2 aromatic rings. The van der Waals surface area contributed by atoms with Gasteiger partial charge in [-0.05, 0) is 49.1 Å². The van der Waals surface area contributed by atoms with Gasteiger partial charge in [0.1, 0.15) is 6.04 Å². The van der Waals surface area contributed by atoms with Crippen molar-refractivity contribution in [3.8, 4) is 0 Å². The average Bonchev–Trinajstić information content (AvgIpc) is 2.89. The van der Waals surface area contributed by atoms with Crippen molar-refractivity contribution < 1.29 is 4.79 Å². The van der Waals surface area contributed by atoms with Crippen molar-refractivity contribution in [3.05, 3.63) is 54.4 Å². The monoisotopic (exact) mass is 270 g/mol. The van der Waals surface area contributed by atoms with E-state index in [1.807, 2.05) is 60.3 Å². The Morgan fingerprint density at radius 2 is 1.90 bits per heavy atom. The van der Waals surface area contributed by atoms with Crippen LogP contribution in [-0.2, 0) is 4.79 Å². The van der Waals surface area contributed by atoms with Crippen LogP contribution in [0.4, 0.5) is 5.69 Å². The van der Waals surface area contributed by atoms with Crippen molar-refractivity contribution in [1.29, 1.82) is 0 Å². The molecular formula is C17H22N2O. The van der Waals surface area contributed by atoms with Crippen LogP contribution < -0.4 is 5.32 Å². The molecule has 1 amide bonds. The summed E-state index contributed by atoms with van der Waals surface area (Å²) in [7, 11) is 0. The van der Waals surface area contributed by atoms with Gasteiger partial charge in [-0.15, -0.1) is 0 Å². The normalized spacial score (nSPS) is 12.4.